The molecule has 0 N–H and O–H groups in total. The van der Waals surface area contributed by atoms with E-state index in [-0.39, 0.29) is 18.0 Å². The molecule has 3 heterocycles. The molecule has 1 aromatic rings. The first kappa shape index (κ1) is 13.5. The summed E-state index contributed by atoms with van der Waals surface area (Å²) in [5, 5.41) is 4.05. The molecule has 3 atom stereocenters. The van der Waals surface area contributed by atoms with Crippen molar-refractivity contribution in [1.29, 1.82) is 0 Å². The number of rotatable bonds is 4. The Balaban J connectivity index is 1.78. The largest absolute Gasteiger partial charge is 0.465 e. The monoisotopic (exact) mass is 280 g/mol. The summed E-state index contributed by atoms with van der Waals surface area (Å²) in [6.07, 6.45) is 3.67. The minimum atomic E-state index is -0.917. The van der Waals surface area contributed by atoms with Gasteiger partial charge in [-0.15, -0.1) is 0 Å². The average molecular weight is 280 g/mol. The Labute approximate surface area is 117 Å². The predicted molar refractivity (Wildman–Crippen MR) is 69.2 cm³/mol. The minimum absolute atomic E-state index is 0.198. The van der Waals surface area contributed by atoms with Crippen molar-refractivity contribution in [1.82, 2.24) is 10.1 Å². The van der Waals surface area contributed by atoms with Gasteiger partial charge in [-0.25, -0.2) is 0 Å². The molecule has 6 heteroatoms. The average Bonchev–Trinajstić information content (AvgIpc) is 3.14. The van der Waals surface area contributed by atoms with Crippen molar-refractivity contribution in [3.8, 4) is 0 Å². The van der Waals surface area contributed by atoms with Gasteiger partial charge < -0.3 is 14.0 Å². The zero-order valence-electron chi connectivity index (χ0n) is 12.1. The van der Waals surface area contributed by atoms with Crippen LogP contribution in [0, 0.1) is 0 Å². The molecule has 2 aliphatic heterocycles. The molecule has 0 radical (unpaired) electrons. The van der Waals surface area contributed by atoms with E-state index in [2.05, 4.69) is 10.1 Å². The molecule has 2 saturated heterocycles. The third-order valence-corrected chi connectivity index (χ3v) is 4.20. The SMILES string of the molecule is CCOC(=O)C(C)(C)c1nc(C2CC3CCC2O3)no1. The zero-order valence-corrected chi connectivity index (χ0v) is 12.1. The summed E-state index contributed by atoms with van der Waals surface area (Å²) in [7, 11) is 0. The molecule has 0 saturated carbocycles. The van der Waals surface area contributed by atoms with E-state index in [4.69, 9.17) is 14.0 Å². The van der Waals surface area contributed by atoms with Crippen molar-refractivity contribution in [3.63, 3.8) is 0 Å². The van der Waals surface area contributed by atoms with Crippen LogP contribution in [0.5, 0.6) is 0 Å². The predicted octanol–water partition coefficient (Wildman–Crippen LogP) is 1.95. The number of esters is 1. The van der Waals surface area contributed by atoms with Gasteiger partial charge in [-0.1, -0.05) is 5.16 Å². The van der Waals surface area contributed by atoms with E-state index in [1.807, 2.05) is 0 Å². The molecule has 20 heavy (non-hydrogen) atoms. The van der Waals surface area contributed by atoms with Gasteiger partial charge in [0.2, 0.25) is 5.89 Å². The van der Waals surface area contributed by atoms with Crippen LogP contribution < -0.4 is 0 Å². The smallest absolute Gasteiger partial charge is 0.321 e. The lowest BCUT2D eigenvalue weighted by molar-refractivity contribution is -0.149. The van der Waals surface area contributed by atoms with Crippen LogP contribution >= 0.6 is 0 Å². The summed E-state index contributed by atoms with van der Waals surface area (Å²) < 4.78 is 16.2. The van der Waals surface area contributed by atoms with Gasteiger partial charge in [0.25, 0.3) is 0 Å². The number of nitrogens with zero attached hydrogens (tertiary/aromatic N) is 2. The second-order valence-corrected chi connectivity index (χ2v) is 6.02. The molecule has 3 unspecified atom stereocenters. The molecule has 0 aromatic carbocycles. The van der Waals surface area contributed by atoms with E-state index >= 15 is 0 Å². The number of hydrogen-bond acceptors (Lipinski definition) is 6. The Bertz CT molecular complexity index is 511. The van der Waals surface area contributed by atoms with Crippen LogP contribution in [0.15, 0.2) is 4.52 Å². The number of fused-ring (bicyclic) bond motifs is 2. The fourth-order valence-corrected chi connectivity index (χ4v) is 2.95. The maximum Gasteiger partial charge on any atom is 0.321 e. The van der Waals surface area contributed by atoms with Crippen molar-refractivity contribution in [2.45, 2.75) is 63.6 Å². The normalized spacial score (nSPS) is 28.9. The minimum Gasteiger partial charge on any atom is -0.465 e. The lowest BCUT2D eigenvalue weighted by Crippen LogP contribution is -2.31. The number of aromatic nitrogens is 2. The van der Waals surface area contributed by atoms with Gasteiger partial charge in [-0.2, -0.15) is 4.98 Å². The van der Waals surface area contributed by atoms with E-state index in [1.54, 1.807) is 20.8 Å². The van der Waals surface area contributed by atoms with Crippen LogP contribution in [0.25, 0.3) is 0 Å². The fourth-order valence-electron chi connectivity index (χ4n) is 2.95. The number of hydrogen-bond donors (Lipinski definition) is 0. The maximum atomic E-state index is 11.9. The Kier molecular flexibility index (Phi) is 3.28. The molecular formula is C14H20N2O4. The second kappa shape index (κ2) is 4.84. The molecule has 0 amide bonds. The summed E-state index contributed by atoms with van der Waals surface area (Å²) >= 11 is 0. The summed E-state index contributed by atoms with van der Waals surface area (Å²) in [5.74, 6) is 0.821. The third-order valence-electron chi connectivity index (χ3n) is 4.20. The number of carbonyl (C=O) groups is 1. The van der Waals surface area contributed by atoms with Gasteiger partial charge in [0, 0.05) is 0 Å². The summed E-state index contributed by atoms with van der Waals surface area (Å²) in [5.41, 5.74) is -0.917. The summed E-state index contributed by atoms with van der Waals surface area (Å²) in [4.78, 5) is 16.4. The van der Waals surface area contributed by atoms with E-state index in [9.17, 15) is 4.79 Å². The van der Waals surface area contributed by atoms with Crippen molar-refractivity contribution >= 4 is 5.97 Å². The summed E-state index contributed by atoms with van der Waals surface area (Å²) in [6, 6.07) is 0. The van der Waals surface area contributed by atoms with Crippen LogP contribution in [0.4, 0.5) is 0 Å². The second-order valence-electron chi connectivity index (χ2n) is 6.02. The van der Waals surface area contributed by atoms with Crippen molar-refractivity contribution in [3.05, 3.63) is 11.7 Å². The Hall–Kier alpha value is -1.43. The molecule has 2 bridgehead atoms. The summed E-state index contributed by atoms with van der Waals surface area (Å²) in [6.45, 7) is 5.59. The Morgan fingerprint density at radius 1 is 1.45 bits per heavy atom. The van der Waals surface area contributed by atoms with Gasteiger partial charge in [0.05, 0.1) is 24.7 Å². The molecule has 2 aliphatic rings. The highest BCUT2D eigenvalue weighted by molar-refractivity contribution is 5.80. The first-order chi connectivity index (χ1) is 9.52. The molecule has 1 aromatic heterocycles. The molecule has 0 aliphatic carbocycles. The van der Waals surface area contributed by atoms with Crippen molar-refractivity contribution in [2.24, 2.45) is 0 Å². The molecular weight excluding hydrogens is 260 g/mol. The zero-order chi connectivity index (χ0) is 14.3. The third kappa shape index (κ3) is 2.12. The van der Waals surface area contributed by atoms with Crippen LogP contribution in [-0.4, -0.2) is 34.9 Å². The van der Waals surface area contributed by atoms with Crippen LogP contribution in [-0.2, 0) is 19.7 Å². The van der Waals surface area contributed by atoms with Gasteiger partial charge in [-0.3, -0.25) is 4.79 Å². The lowest BCUT2D eigenvalue weighted by atomic mass is 9.88. The highest BCUT2D eigenvalue weighted by Crippen LogP contribution is 2.43. The number of ether oxygens (including phenoxy) is 2. The lowest BCUT2D eigenvalue weighted by Gasteiger charge is -2.17. The first-order valence-corrected chi connectivity index (χ1v) is 7.19. The van der Waals surface area contributed by atoms with Crippen LogP contribution in [0.3, 0.4) is 0 Å². The van der Waals surface area contributed by atoms with Crippen LogP contribution in [0.1, 0.15) is 57.7 Å². The molecule has 0 spiro atoms. The fraction of sp³-hybridized carbons (Fsp3) is 0.786. The van der Waals surface area contributed by atoms with Crippen LogP contribution in [0.2, 0.25) is 0 Å². The van der Waals surface area contributed by atoms with Gasteiger partial charge in [-0.05, 0) is 40.0 Å². The van der Waals surface area contributed by atoms with E-state index in [0.29, 0.717) is 24.4 Å². The topological polar surface area (TPSA) is 74.5 Å². The van der Waals surface area contributed by atoms with Gasteiger partial charge in [0.15, 0.2) is 5.82 Å². The van der Waals surface area contributed by atoms with E-state index < -0.39 is 5.41 Å². The van der Waals surface area contributed by atoms with Crippen molar-refractivity contribution in [2.75, 3.05) is 6.61 Å². The Morgan fingerprint density at radius 2 is 2.25 bits per heavy atom. The van der Waals surface area contributed by atoms with Gasteiger partial charge in [0.1, 0.15) is 5.41 Å². The highest BCUT2D eigenvalue weighted by Gasteiger charge is 2.45. The Morgan fingerprint density at radius 3 is 2.85 bits per heavy atom. The van der Waals surface area contributed by atoms with E-state index in [1.165, 1.54) is 0 Å². The quantitative estimate of drug-likeness (QED) is 0.785. The number of carbonyl (C=O) groups excluding carboxylic acids is 1. The standard InChI is InChI=1S/C14H20N2O4/c1-4-18-13(17)14(2,3)12-15-11(16-20-12)9-7-8-5-6-10(9)19-8/h8-10H,4-7H2,1-3H3. The molecule has 3 rings (SSSR count). The molecule has 2 fully saturated rings. The van der Waals surface area contributed by atoms with Crippen molar-refractivity contribution < 1.29 is 18.8 Å². The van der Waals surface area contributed by atoms with Gasteiger partial charge >= 0.3 is 5.97 Å². The first-order valence-electron chi connectivity index (χ1n) is 7.19. The maximum absolute atomic E-state index is 11.9. The highest BCUT2D eigenvalue weighted by atomic mass is 16.5. The van der Waals surface area contributed by atoms with E-state index in [0.717, 1.165) is 19.3 Å². The molecule has 110 valence electrons. The molecule has 6 nitrogen and oxygen atoms in total.